The van der Waals surface area contributed by atoms with Gasteiger partial charge in [-0.15, -0.1) is 0 Å². The third-order valence-electron chi connectivity index (χ3n) is 4.02. The second-order valence-corrected chi connectivity index (χ2v) is 7.83. The summed E-state index contributed by atoms with van der Waals surface area (Å²) < 4.78 is 28.2. The van der Waals surface area contributed by atoms with Crippen LogP contribution in [0.2, 0.25) is 0 Å². The molecule has 2 heterocycles. The Kier molecular flexibility index (Phi) is 6.00. The Hall–Kier alpha value is -1.87. The maximum Gasteiger partial charge on any atom is 0.303 e. The van der Waals surface area contributed by atoms with Gasteiger partial charge in [0.1, 0.15) is 10.6 Å². The molecule has 1 fully saturated rings. The van der Waals surface area contributed by atoms with Gasteiger partial charge in [-0.3, -0.25) is 9.59 Å². The maximum atomic E-state index is 12.6. The number of rotatable bonds is 7. The number of hydrogen-bond acceptors (Lipinski definition) is 4. The molecule has 8 nitrogen and oxygen atoms in total. The lowest BCUT2D eigenvalue weighted by Crippen LogP contribution is -2.35. The highest BCUT2D eigenvalue weighted by Crippen LogP contribution is 2.22. The quantitative estimate of drug-likeness (QED) is 0.702. The molecule has 1 amide bonds. The highest BCUT2D eigenvalue weighted by Gasteiger charge is 2.28. The van der Waals surface area contributed by atoms with Crippen molar-refractivity contribution in [3.8, 4) is 0 Å². The van der Waals surface area contributed by atoms with Crippen LogP contribution in [0.5, 0.6) is 0 Å². The first-order valence-electron chi connectivity index (χ1n) is 7.99. The number of carbonyl (C=O) groups excluding carboxylic acids is 1. The van der Waals surface area contributed by atoms with E-state index in [4.69, 9.17) is 5.11 Å². The van der Waals surface area contributed by atoms with Crippen molar-refractivity contribution in [2.45, 2.75) is 37.0 Å². The molecule has 0 saturated carbocycles. The second kappa shape index (κ2) is 7.80. The normalized spacial score (nSPS) is 16.0. The molecule has 1 aromatic rings. The molecule has 0 atom stereocenters. The average molecular weight is 357 g/mol. The van der Waals surface area contributed by atoms with Crippen molar-refractivity contribution in [2.75, 3.05) is 19.6 Å². The first-order chi connectivity index (χ1) is 11.3. The summed E-state index contributed by atoms with van der Waals surface area (Å²) in [7, 11) is -1.97. The zero-order valence-corrected chi connectivity index (χ0v) is 14.5. The Morgan fingerprint density at radius 1 is 1.25 bits per heavy atom. The zero-order valence-electron chi connectivity index (χ0n) is 13.7. The van der Waals surface area contributed by atoms with Gasteiger partial charge in [-0.1, -0.05) is 6.42 Å². The molecule has 0 aromatic carbocycles. The van der Waals surface area contributed by atoms with Crippen molar-refractivity contribution < 1.29 is 23.1 Å². The number of sulfonamides is 1. The molecule has 0 unspecified atom stereocenters. The average Bonchev–Trinajstić information content (AvgIpc) is 2.95. The fourth-order valence-electron chi connectivity index (χ4n) is 2.69. The van der Waals surface area contributed by atoms with Gasteiger partial charge in [-0.2, -0.15) is 4.31 Å². The molecule has 0 radical (unpaired) electrons. The molecule has 1 aliphatic rings. The lowest BCUT2D eigenvalue weighted by atomic mass is 10.2. The van der Waals surface area contributed by atoms with Gasteiger partial charge in [-0.25, -0.2) is 8.42 Å². The lowest BCUT2D eigenvalue weighted by Gasteiger charge is -2.25. The summed E-state index contributed by atoms with van der Waals surface area (Å²) >= 11 is 0. The number of carboxylic acid groups (broad SMARTS) is 1. The molecule has 1 aromatic heterocycles. The summed E-state index contributed by atoms with van der Waals surface area (Å²) in [5.74, 6) is -1.33. The Morgan fingerprint density at radius 3 is 2.54 bits per heavy atom. The van der Waals surface area contributed by atoms with Crippen molar-refractivity contribution >= 4 is 21.9 Å². The number of carboxylic acids is 1. The fraction of sp³-hybridized carbons (Fsp3) is 0.600. The summed E-state index contributed by atoms with van der Waals surface area (Å²) in [5.41, 5.74) is 0.237. The van der Waals surface area contributed by atoms with Crippen LogP contribution in [0.4, 0.5) is 0 Å². The molecular weight excluding hydrogens is 334 g/mol. The van der Waals surface area contributed by atoms with Gasteiger partial charge in [0.15, 0.2) is 0 Å². The van der Waals surface area contributed by atoms with Crippen molar-refractivity contribution in [2.24, 2.45) is 7.05 Å². The maximum absolute atomic E-state index is 12.6. The number of aromatic nitrogens is 1. The van der Waals surface area contributed by atoms with Gasteiger partial charge >= 0.3 is 5.97 Å². The van der Waals surface area contributed by atoms with Gasteiger partial charge in [-0.05, 0) is 25.3 Å². The number of nitrogens with zero attached hydrogens (tertiary/aromatic N) is 2. The predicted molar refractivity (Wildman–Crippen MR) is 87.2 cm³/mol. The van der Waals surface area contributed by atoms with Crippen LogP contribution in [0.3, 0.4) is 0 Å². The number of piperidine rings is 1. The van der Waals surface area contributed by atoms with Gasteiger partial charge in [0.25, 0.3) is 5.91 Å². The molecule has 2 rings (SSSR count). The first-order valence-corrected chi connectivity index (χ1v) is 9.43. The van der Waals surface area contributed by atoms with Crippen LogP contribution in [0.1, 0.15) is 42.6 Å². The van der Waals surface area contributed by atoms with E-state index in [9.17, 15) is 18.0 Å². The molecule has 1 saturated heterocycles. The van der Waals surface area contributed by atoms with Gasteiger partial charge in [0, 0.05) is 39.3 Å². The minimum Gasteiger partial charge on any atom is -0.481 e. The number of aryl methyl sites for hydroxylation is 1. The number of carbonyl (C=O) groups is 2. The number of amides is 1. The molecule has 2 N–H and O–H groups in total. The zero-order chi connectivity index (χ0) is 17.7. The van der Waals surface area contributed by atoms with E-state index < -0.39 is 21.9 Å². The molecule has 9 heteroatoms. The van der Waals surface area contributed by atoms with Crippen LogP contribution in [-0.4, -0.2) is 53.9 Å². The number of aliphatic carboxylic acids is 1. The minimum absolute atomic E-state index is 0.0258. The first kappa shape index (κ1) is 18.5. The van der Waals surface area contributed by atoms with Crippen LogP contribution in [0, 0.1) is 0 Å². The molecule has 24 heavy (non-hydrogen) atoms. The van der Waals surface area contributed by atoms with Crippen molar-refractivity contribution in [1.29, 1.82) is 0 Å². The van der Waals surface area contributed by atoms with Crippen LogP contribution in [-0.2, 0) is 21.9 Å². The van der Waals surface area contributed by atoms with E-state index in [1.54, 1.807) is 7.05 Å². The van der Waals surface area contributed by atoms with Crippen molar-refractivity contribution in [1.82, 2.24) is 14.2 Å². The third-order valence-corrected chi connectivity index (χ3v) is 5.88. The summed E-state index contributed by atoms with van der Waals surface area (Å²) in [4.78, 5) is 22.7. The number of nitrogens with one attached hydrogen (secondary N) is 1. The molecule has 0 aliphatic carbocycles. The van der Waals surface area contributed by atoms with Gasteiger partial charge in [0.05, 0.1) is 0 Å². The molecule has 1 aliphatic heterocycles. The topological polar surface area (TPSA) is 109 Å². The van der Waals surface area contributed by atoms with Crippen LogP contribution >= 0.6 is 0 Å². The molecule has 0 bridgehead atoms. The van der Waals surface area contributed by atoms with Crippen LogP contribution in [0.25, 0.3) is 0 Å². The smallest absolute Gasteiger partial charge is 0.303 e. The van der Waals surface area contributed by atoms with Gasteiger partial charge < -0.3 is 15.0 Å². The predicted octanol–water partition coefficient (Wildman–Crippen LogP) is 0.794. The van der Waals surface area contributed by atoms with Crippen molar-refractivity contribution in [3.05, 3.63) is 18.0 Å². The summed E-state index contributed by atoms with van der Waals surface area (Å²) in [5, 5.41) is 11.2. The Balaban J connectivity index is 2.06. The highest BCUT2D eigenvalue weighted by molar-refractivity contribution is 7.89. The number of hydrogen-bond donors (Lipinski definition) is 2. The second-order valence-electron chi connectivity index (χ2n) is 5.89. The van der Waals surface area contributed by atoms with E-state index in [-0.39, 0.29) is 23.6 Å². The standard InChI is InChI=1S/C15H23N3O5S/c1-17-11-12(24(22,23)18-8-3-2-4-9-18)10-13(17)15(21)16-7-5-6-14(19)20/h10-11H,2-9H2,1H3,(H,16,21)(H,19,20). The summed E-state index contributed by atoms with van der Waals surface area (Å²) in [6.45, 7) is 1.24. The van der Waals surface area contributed by atoms with Crippen molar-refractivity contribution in [3.63, 3.8) is 0 Å². The Labute approximate surface area is 141 Å². The Bertz CT molecular complexity index is 705. The third kappa shape index (κ3) is 4.35. The van der Waals surface area contributed by atoms with Crippen LogP contribution < -0.4 is 5.32 Å². The molecular formula is C15H23N3O5S. The molecule has 0 spiro atoms. The SMILES string of the molecule is Cn1cc(S(=O)(=O)N2CCCCC2)cc1C(=O)NCCCC(=O)O. The fourth-order valence-corrected chi connectivity index (χ4v) is 4.28. The molecule has 134 valence electrons. The van der Waals surface area contributed by atoms with E-state index in [1.807, 2.05) is 0 Å². The Morgan fingerprint density at radius 2 is 1.92 bits per heavy atom. The monoisotopic (exact) mass is 357 g/mol. The summed E-state index contributed by atoms with van der Waals surface area (Å²) in [6.07, 6.45) is 4.47. The summed E-state index contributed by atoms with van der Waals surface area (Å²) in [6, 6.07) is 1.37. The van der Waals surface area contributed by atoms with E-state index in [1.165, 1.54) is 21.1 Å². The van der Waals surface area contributed by atoms with Crippen LogP contribution in [0.15, 0.2) is 17.2 Å². The van der Waals surface area contributed by atoms with E-state index >= 15 is 0 Å². The van der Waals surface area contributed by atoms with E-state index in [0.717, 1.165) is 19.3 Å². The highest BCUT2D eigenvalue weighted by atomic mass is 32.2. The van der Waals surface area contributed by atoms with E-state index in [2.05, 4.69) is 5.32 Å². The lowest BCUT2D eigenvalue weighted by molar-refractivity contribution is -0.137. The largest absolute Gasteiger partial charge is 0.481 e. The minimum atomic E-state index is -3.58. The van der Waals surface area contributed by atoms with Gasteiger partial charge in [0.2, 0.25) is 10.0 Å². The van der Waals surface area contributed by atoms with E-state index in [0.29, 0.717) is 19.5 Å².